The van der Waals surface area contributed by atoms with Crippen molar-refractivity contribution in [2.45, 2.75) is 46.3 Å². The lowest BCUT2D eigenvalue weighted by atomic mass is 10.1. The molecule has 0 spiro atoms. The van der Waals surface area contributed by atoms with E-state index in [0.29, 0.717) is 18.8 Å². The third-order valence-electron chi connectivity index (χ3n) is 4.14. The summed E-state index contributed by atoms with van der Waals surface area (Å²) < 4.78 is 60.0. The smallest absolute Gasteiger partial charge is 0.444 e. The molecular weight excluding hydrogens is 446 g/mol. The summed E-state index contributed by atoms with van der Waals surface area (Å²) >= 11 is 0. The number of benzene rings is 1. The van der Waals surface area contributed by atoms with Gasteiger partial charge in [0.1, 0.15) is 5.60 Å². The van der Waals surface area contributed by atoms with Gasteiger partial charge < -0.3 is 25.2 Å². The number of aliphatic hydroxyl groups is 1. The predicted octanol–water partition coefficient (Wildman–Crippen LogP) is 4.85. The third-order valence-corrected chi connectivity index (χ3v) is 4.14. The van der Waals surface area contributed by atoms with Crippen LogP contribution in [0.3, 0.4) is 0 Å². The van der Waals surface area contributed by atoms with Crippen LogP contribution in [0.4, 0.5) is 28.0 Å². The van der Waals surface area contributed by atoms with Crippen LogP contribution in [-0.2, 0) is 11.3 Å². The van der Waals surface area contributed by atoms with Gasteiger partial charge in [-0.05, 0) is 57.0 Å². The molecule has 2 aromatic rings. The Morgan fingerprint density at radius 3 is 2.42 bits per heavy atom. The minimum Gasteiger partial charge on any atom is -0.444 e. The molecule has 1 amide bonds. The minimum absolute atomic E-state index is 0.00274. The zero-order valence-corrected chi connectivity index (χ0v) is 18.7. The maximum Gasteiger partial charge on any atom is 0.573 e. The molecule has 0 aliphatic heterocycles. The SMILES string of the molecule is CC(CNC(=O)OC(C)(C)C)CNc1cc(CO)nc(-c2ccc(OC(F)(F)F)c(F)c2)c1. The molecule has 0 aliphatic carbocycles. The summed E-state index contributed by atoms with van der Waals surface area (Å²) in [4.78, 5) is 16.0. The highest BCUT2D eigenvalue weighted by Crippen LogP contribution is 2.30. The number of carbonyl (C=O) groups excluding carboxylic acids is 1. The molecule has 33 heavy (non-hydrogen) atoms. The van der Waals surface area contributed by atoms with E-state index in [1.807, 2.05) is 6.92 Å². The van der Waals surface area contributed by atoms with Crippen LogP contribution in [-0.4, -0.2) is 41.2 Å². The van der Waals surface area contributed by atoms with Crippen LogP contribution in [0.5, 0.6) is 5.75 Å². The lowest BCUT2D eigenvalue weighted by Gasteiger charge is -2.21. The molecule has 0 radical (unpaired) electrons. The fourth-order valence-electron chi connectivity index (χ4n) is 2.72. The highest BCUT2D eigenvalue weighted by Gasteiger charge is 2.32. The van der Waals surface area contributed by atoms with Crippen molar-refractivity contribution in [3.63, 3.8) is 0 Å². The average molecular weight is 473 g/mol. The maximum atomic E-state index is 14.1. The molecule has 182 valence electrons. The number of aromatic nitrogens is 1. The molecule has 0 fully saturated rings. The van der Waals surface area contributed by atoms with Gasteiger partial charge in [-0.25, -0.2) is 9.18 Å². The quantitative estimate of drug-likeness (QED) is 0.475. The number of aliphatic hydroxyl groups excluding tert-OH is 1. The van der Waals surface area contributed by atoms with E-state index in [2.05, 4.69) is 20.4 Å². The van der Waals surface area contributed by atoms with Crippen molar-refractivity contribution in [2.24, 2.45) is 5.92 Å². The van der Waals surface area contributed by atoms with Crippen molar-refractivity contribution in [3.8, 4) is 17.0 Å². The van der Waals surface area contributed by atoms with Gasteiger partial charge in [-0.2, -0.15) is 0 Å². The Hall–Kier alpha value is -3.08. The number of anilines is 1. The molecule has 3 N–H and O–H groups in total. The Labute approximate surface area is 189 Å². The maximum absolute atomic E-state index is 14.1. The normalized spacial score (nSPS) is 12.8. The van der Waals surface area contributed by atoms with Crippen molar-refractivity contribution < 1.29 is 36.9 Å². The number of carbonyl (C=O) groups is 1. The first kappa shape index (κ1) is 26.2. The van der Waals surface area contributed by atoms with Crippen LogP contribution >= 0.6 is 0 Å². The second-order valence-corrected chi connectivity index (χ2v) is 8.45. The first-order valence-electron chi connectivity index (χ1n) is 10.1. The Balaban J connectivity index is 2.07. The summed E-state index contributed by atoms with van der Waals surface area (Å²) in [5, 5.41) is 15.3. The van der Waals surface area contributed by atoms with Crippen LogP contribution < -0.4 is 15.4 Å². The average Bonchev–Trinajstić information content (AvgIpc) is 2.69. The molecule has 0 saturated carbocycles. The monoisotopic (exact) mass is 473 g/mol. The van der Waals surface area contributed by atoms with Crippen LogP contribution in [0.15, 0.2) is 30.3 Å². The molecule has 11 heteroatoms. The summed E-state index contributed by atoms with van der Waals surface area (Å²) in [6, 6.07) is 6.15. The van der Waals surface area contributed by atoms with E-state index in [1.165, 1.54) is 6.07 Å². The lowest BCUT2D eigenvalue weighted by Crippen LogP contribution is -2.36. The fourth-order valence-corrected chi connectivity index (χ4v) is 2.72. The minimum atomic E-state index is -5.01. The largest absolute Gasteiger partial charge is 0.573 e. The molecule has 0 aliphatic rings. The summed E-state index contributed by atoms with van der Waals surface area (Å²) in [5.74, 6) is -2.14. The van der Waals surface area contributed by atoms with Gasteiger partial charge in [0, 0.05) is 24.3 Å². The molecule has 1 aromatic heterocycles. The number of halogens is 4. The van der Waals surface area contributed by atoms with E-state index < -0.39 is 36.2 Å². The van der Waals surface area contributed by atoms with Crippen LogP contribution in [0.25, 0.3) is 11.3 Å². The van der Waals surface area contributed by atoms with Gasteiger partial charge in [-0.15, -0.1) is 13.2 Å². The molecule has 1 atom stereocenters. The summed E-state index contributed by atoms with van der Waals surface area (Å²) in [7, 11) is 0. The lowest BCUT2D eigenvalue weighted by molar-refractivity contribution is -0.275. The van der Waals surface area contributed by atoms with E-state index in [4.69, 9.17) is 4.74 Å². The van der Waals surface area contributed by atoms with Gasteiger partial charge in [0.05, 0.1) is 18.0 Å². The van der Waals surface area contributed by atoms with Crippen molar-refractivity contribution >= 4 is 11.8 Å². The number of nitrogens with one attached hydrogen (secondary N) is 2. The number of hydrogen-bond donors (Lipinski definition) is 3. The molecule has 0 bridgehead atoms. The number of pyridine rings is 1. The predicted molar refractivity (Wildman–Crippen MR) is 114 cm³/mol. The summed E-state index contributed by atoms with van der Waals surface area (Å²) in [5.41, 5.74) is 0.701. The molecule has 1 aromatic carbocycles. The van der Waals surface area contributed by atoms with E-state index >= 15 is 0 Å². The van der Waals surface area contributed by atoms with Crippen molar-refractivity contribution in [1.29, 1.82) is 0 Å². The van der Waals surface area contributed by atoms with E-state index in [9.17, 15) is 27.5 Å². The van der Waals surface area contributed by atoms with Crippen molar-refractivity contribution in [3.05, 3.63) is 41.8 Å². The first-order valence-corrected chi connectivity index (χ1v) is 10.1. The highest BCUT2D eigenvalue weighted by atomic mass is 19.4. The Morgan fingerprint density at radius 2 is 1.85 bits per heavy atom. The zero-order chi connectivity index (χ0) is 24.8. The number of nitrogens with zero attached hydrogens (tertiary/aromatic N) is 1. The molecule has 0 saturated heterocycles. The molecule has 1 unspecified atom stereocenters. The molecule has 1 heterocycles. The summed E-state index contributed by atoms with van der Waals surface area (Å²) in [6.45, 7) is 7.58. The number of hydrogen-bond acceptors (Lipinski definition) is 6. The number of alkyl halides is 3. The van der Waals surface area contributed by atoms with E-state index in [1.54, 1.807) is 32.9 Å². The van der Waals surface area contributed by atoms with Crippen molar-refractivity contribution in [1.82, 2.24) is 10.3 Å². The van der Waals surface area contributed by atoms with Gasteiger partial charge in [0.25, 0.3) is 0 Å². The highest BCUT2D eigenvalue weighted by molar-refractivity contribution is 5.67. The van der Waals surface area contributed by atoms with Crippen LogP contribution in [0, 0.1) is 11.7 Å². The number of alkyl carbamates (subject to hydrolysis) is 1. The zero-order valence-electron chi connectivity index (χ0n) is 18.7. The summed E-state index contributed by atoms with van der Waals surface area (Å²) in [6.07, 6.45) is -5.54. The number of ether oxygens (including phenoxy) is 2. The second-order valence-electron chi connectivity index (χ2n) is 8.45. The standard InChI is InChI=1S/C22H27F4N3O4/c1-13(11-28-20(31)33-21(2,3)4)10-27-15-8-16(12-30)29-18(9-15)14-5-6-19(17(23)7-14)32-22(24,25)26/h5-9,13,30H,10-12H2,1-4H3,(H,27,29)(H,28,31). The Morgan fingerprint density at radius 1 is 1.15 bits per heavy atom. The third kappa shape index (κ3) is 9.13. The Kier molecular flexibility index (Phi) is 8.48. The first-order chi connectivity index (χ1) is 15.3. The van der Waals surface area contributed by atoms with Gasteiger partial charge in [0.15, 0.2) is 11.6 Å². The topological polar surface area (TPSA) is 92.7 Å². The van der Waals surface area contributed by atoms with Gasteiger partial charge in [-0.3, -0.25) is 4.98 Å². The van der Waals surface area contributed by atoms with Gasteiger partial charge >= 0.3 is 12.5 Å². The van der Waals surface area contributed by atoms with Crippen LogP contribution in [0.1, 0.15) is 33.4 Å². The molecule has 7 nitrogen and oxygen atoms in total. The second kappa shape index (κ2) is 10.7. The molecular formula is C22H27F4N3O4. The van der Waals surface area contributed by atoms with E-state index in [-0.39, 0.29) is 22.9 Å². The van der Waals surface area contributed by atoms with Crippen molar-refractivity contribution in [2.75, 3.05) is 18.4 Å². The van der Waals surface area contributed by atoms with Crippen LogP contribution in [0.2, 0.25) is 0 Å². The number of amides is 1. The van der Waals surface area contributed by atoms with E-state index in [0.717, 1.165) is 12.1 Å². The Bertz CT molecular complexity index is 962. The van der Waals surface area contributed by atoms with Gasteiger partial charge in [0.2, 0.25) is 0 Å². The fraction of sp³-hybridized carbons (Fsp3) is 0.455. The molecule has 2 rings (SSSR count). The number of rotatable bonds is 8. The van der Waals surface area contributed by atoms with Gasteiger partial charge in [-0.1, -0.05) is 6.92 Å².